The van der Waals surface area contributed by atoms with Crippen LogP contribution in [0.2, 0.25) is 0 Å². The molecule has 2 atom stereocenters. The van der Waals surface area contributed by atoms with Crippen molar-refractivity contribution in [2.75, 3.05) is 33.3 Å². The number of carboxylic acid groups (broad SMARTS) is 1. The van der Waals surface area contributed by atoms with E-state index in [9.17, 15) is 19.1 Å². The highest BCUT2D eigenvalue weighted by Gasteiger charge is 2.58. The Balaban J connectivity index is 1.81. The SMILES string of the molecule is COc1cccc(F)c1CN1C[C@@H]2CN(C(C)=O)C[C@]2(C(=O)O)C1. The number of aliphatic carboxylic acids is 1. The van der Waals surface area contributed by atoms with Gasteiger partial charge in [0.05, 0.1) is 7.11 Å². The van der Waals surface area contributed by atoms with Crippen LogP contribution in [0.5, 0.6) is 5.75 Å². The highest BCUT2D eigenvalue weighted by Crippen LogP contribution is 2.43. The fourth-order valence-electron chi connectivity index (χ4n) is 3.94. The predicted molar refractivity (Wildman–Crippen MR) is 84.0 cm³/mol. The Morgan fingerprint density at radius 3 is 2.71 bits per heavy atom. The van der Waals surface area contributed by atoms with E-state index < -0.39 is 11.4 Å². The molecule has 2 saturated heterocycles. The zero-order valence-corrected chi connectivity index (χ0v) is 13.8. The van der Waals surface area contributed by atoms with Gasteiger partial charge in [-0.1, -0.05) is 6.07 Å². The molecular weight excluding hydrogens is 315 g/mol. The van der Waals surface area contributed by atoms with Crippen molar-refractivity contribution < 1.29 is 23.8 Å². The van der Waals surface area contributed by atoms with Crippen LogP contribution >= 0.6 is 0 Å². The van der Waals surface area contributed by atoms with Crippen LogP contribution in [0.15, 0.2) is 18.2 Å². The number of halogens is 1. The Hall–Kier alpha value is -2.15. The molecule has 0 spiro atoms. The van der Waals surface area contributed by atoms with Crippen LogP contribution < -0.4 is 4.74 Å². The van der Waals surface area contributed by atoms with Gasteiger partial charge in [0.15, 0.2) is 0 Å². The summed E-state index contributed by atoms with van der Waals surface area (Å²) >= 11 is 0. The number of carboxylic acids is 1. The number of carbonyl (C=O) groups is 2. The van der Waals surface area contributed by atoms with E-state index in [1.807, 2.05) is 4.90 Å². The number of nitrogens with zero attached hydrogens (tertiary/aromatic N) is 2. The lowest BCUT2D eigenvalue weighted by atomic mass is 9.81. The van der Waals surface area contributed by atoms with Crippen molar-refractivity contribution in [3.8, 4) is 5.75 Å². The molecule has 0 saturated carbocycles. The molecule has 0 unspecified atom stereocenters. The molecule has 7 heteroatoms. The minimum atomic E-state index is -0.968. The zero-order chi connectivity index (χ0) is 17.5. The number of benzene rings is 1. The first kappa shape index (κ1) is 16.7. The second-order valence-corrected chi connectivity index (χ2v) is 6.65. The molecule has 0 aromatic heterocycles. The summed E-state index contributed by atoms with van der Waals surface area (Å²) in [5.74, 6) is -1.04. The van der Waals surface area contributed by atoms with Crippen LogP contribution in [0.25, 0.3) is 0 Å². The summed E-state index contributed by atoms with van der Waals surface area (Å²) in [6.45, 7) is 3.22. The van der Waals surface area contributed by atoms with Crippen LogP contribution in [-0.4, -0.2) is 60.1 Å². The molecule has 1 aromatic rings. The Morgan fingerprint density at radius 2 is 2.12 bits per heavy atom. The molecule has 1 amide bonds. The first-order valence-corrected chi connectivity index (χ1v) is 7.90. The predicted octanol–water partition coefficient (Wildman–Crippen LogP) is 1.20. The van der Waals surface area contributed by atoms with E-state index in [4.69, 9.17) is 4.74 Å². The first-order valence-electron chi connectivity index (χ1n) is 7.90. The summed E-state index contributed by atoms with van der Waals surface area (Å²) < 4.78 is 19.3. The second-order valence-electron chi connectivity index (χ2n) is 6.65. The molecule has 130 valence electrons. The number of hydrogen-bond donors (Lipinski definition) is 1. The topological polar surface area (TPSA) is 70.1 Å². The van der Waals surface area contributed by atoms with Gasteiger partial charge in [0.1, 0.15) is 17.0 Å². The molecule has 2 heterocycles. The van der Waals surface area contributed by atoms with Gasteiger partial charge in [0, 0.05) is 51.1 Å². The van der Waals surface area contributed by atoms with Crippen LogP contribution in [0.3, 0.4) is 0 Å². The average molecular weight is 336 g/mol. The van der Waals surface area contributed by atoms with Crippen LogP contribution in [0.1, 0.15) is 12.5 Å². The Morgan fingerprint density at radius 1 is 1.38 bits per heavy atom. The minimum absolute atomic E-state index is 0.104. The van der Waals surface area contributed by atoms with Crippen molar-refractivity contribution in [1.82, 2.24) is 9.80 Å². The molecule has 0 bridgehead atoms. The van der Waals surface area contributed by atoms with E-state index in [1.54, 1.807) is 17.0 Å². The van der Waals surface area contributed by atoms with Crippen LogP contribution in [0.4, 0.5) is 4.39 Å². The number of fused-ring (bicyclic) bond motifs is 1. The smallest absolute Gasteiger partial charge is 0.313 e. The van der Waals surface area contributed by atoms with Crippen molar-refractivity contribution in [3.63, 3.8) is 0 Å². The van der Waals surface area contributed by atoms with Crippen molar-refractivity contribution in [1.29, 1.82) is 0 Å². The lowest BCUT2D eigenvalue weighted by molar-refractivity contribution is -0.149. The largest absolute Gasteiger partial charge is 0.496 e. The molecule has 1 aromatic carbocycles. The number of methoxy groups -OCH3 is 1. The summed E-state index contributed by atoms with van der Waals surface area (Å²) in [7, 11) is 1.49. The van der Waals surface area contributed by atoms with E-state index >= 15 is 0 Å². The Bertz CT molecular complexity index is 681. The number of carbonyl (C=O) groups excluding carboxylic acids is 1. The van der Waals surface area contributed by atoms with Crippen molar-refractivity contribution >= 4 is 11.9 Å². The number of hydrogen-bond acceptors (Lipinski definition) is 4. The molecule has 2 aliphatic rings. The number of rotatable bonds is 4. The summed E-state index contributed by atoms with van der Waals surface area (Å²) in [5.41, 5.74) is -0.534. The molecular formula is C17H21FN2O4. The maximum absolute atomic E-state index is 14.1. The third kappa shape index (κ3) is 2.62. The summed E-state index contributed by atoms with van der Waals surface area (Å²) in [6.07, 6.45) is 0. The van der Waals surface area contributed by atoms with Crippen molar-refractivity contribution in [2.24, 2.45) is 11.3 Å². The quantitative estimate of drug-likeness (QED) is 0.895. The van der Waals surface area contributed by atoms with Gasteiger partial charge in [-0.15, -0.1) is 0 Å². The van der Waals surface area contributed by atoms with E-state index in [1.165, 1.54) is 20.1 Å². The lowest BCUT2D eigenvalue weighted by Gasteiger charge is -2.25. The Labute approximate surface area is 139 Å². The van der Waals surface area contributed by atoms with Crippen molar-refractivity contribution in [3.05, 3.63) is 29.6 Å². The van der Waals surface area contributed by atoms with Crippen molar-refractivity contribution in [2.45, 2.75) is 13.5 Å². The standard InChI is InChI=1S/C17H21FN2O4/c1-11(21)20-7-12-6-19(9-17(12,10-20)16(22)23)8-13-14(18)4-3-5-15(13)24-2/h3-5,12H,6-10H2,1-2H3,(H,22,23)/t12-,17-/m1/s1. The molecule has 2 aliphatic heterocycles. The summed E-state index contributed by atoms with van der Waals surface area (Å²) in [4.78, 5) is 27.0. The third-order valence-corrected chi connectivity index (χ3v) is 5.23. The van der Waals surface area contributed by atoms with Gasteiger partial charge in [-0.3, -0.25) is 14.5 Å². The number of amides is 1. The van der Waals surface area contributed by atoms with Gasteiger partial charge >= 0.3 is 5.97 Å². The second kappa shape index (κ2) is 6.05. The molecule has 1 N–H and O–H groups in total. The molecule has 3 rings (SSSR count). The van der Waals surface area contributed by atoms with Gasteiger partial charge < -0.3 is 14.7 Å². The van der Waals surface area contributed by atoms with E-state index in [0.717, 1.165) is 0 Å². The average Bonchev–Trinajstić information content (AvgIpc) is 3.04. The molecule has 0 aliphatic carbocycles. The summed E-state index contributed by atoms with van der Waals surface area (Å²) in [6, 6.07) is 4.65. The molecule has 24 heavy (non-hydrogen) atoms. The molecule has 6 nitrogen and oxygen atoms in total. The third-order valence-electron chi connectivity index (χ3n) is 5.23. The number of ether oxygens (including phenoxy) is 1. The first-order chi connectivity index (χ1) is 11.4. The zero-order valence-electron chi connectivity index (χ0n) is 13.8. The fourth-order valence-corrected chi connectivity index (χ4v) is 3.94. The van der Waals surface area contributed by atoms with Gasteiger partial charge in [-0.2, -0.15) is 0 Å². The normalized spacial score (nSPS) is 26.5. The Kier molecular flexibility index (Phi) is 4.21. The molecule has 2 fully saturated rings. The monoisotopic (exact) mass is 336 g/mol. The fraction of sp³-hybridized carbons (Fsp3) is 0.529. The molecule has 0 radical (unpaired) electrons. The highest BCUT2D eigenvalue weighted by molar-refractivity contribution is 5.80. The van der Waals surface area contributed by atoms with E-state index in [0.29, 0.717) is 37.5 Å². The maximum Gasteiger partial charge on any atom is 0.313 e. The highest BCUT2D eigenvalue weighted by atomic mass is 19.1. The van der Waals surface area contributed by atoms with Gasteiger partial charge in [-0.25, -0.2) is 4.39 Å². The van der Waals surface area contributed by atoms with Crippen LogP contribution in [-0.2, 0) is 16.1 Å². The van der Waals surface area contributed by atoms with E-state index in [-0.39, 0.29) is 24.2 Å². The lowest BCUT2D eigenvalue weighted by Crippen LogP contribution is -2.41. The van der Waals surface area contributed by atoms with Gasteiger partial charge in [0.25, 0.3) is 0 Å². The minimum Gasteiger partial charge on any atom is -0.496 e. The van der Waals surface area contributed by atoms with Gasteiger partial charge in [0.2, 0.25) is 5.91 Å². The van der Waals surface area contributed by atoms with Crippen LogP contribution in [0, 0.1) is 17.2 Å². The number of likely N-dealkylation sites (tertiary alicyclic amines) is 2. The summed E-state index contributed by atoms with van der Waals surface area (Å²) in [5, 5.41) is 9.75. The maximum atomic E-state index is 14.1. The van der Waals surface area contributed by atoms with E-state index in [2.05, 4.69) is 0 Å². The van der Waals surface area contributed by atoms with Gasteiger partial charge in [-0.05, 0) is 12.1 Å².